The SMILES string of the molecule is CCC(COC)n1c(C(C)Cl)nc2cc(C)ccc21. The summed E-state index contributed by atoms with van der Waals surface area (Å²) in [6, 6.07) is 6.61. The van der Waals surface area contributed by atoms with Crippen molar-refractivity contribution in [2.75, 3.05) is 13.7 Å². The van der Waals surface area contributed by atoms with Crippen LogP contribution in [0.2, 0.25) is 0 Å². The van der Waals surface area contributed by atoms with E-state index in [2.05, 4.69) is 36.6 Å². The van der Waals surface area contributed by atoms with E-state index < -0.39 is 0 Å². The molecule has 2 atom stereocenters. The summed E-state index contributed by atoms with van der Waals surface area (Å²) in [5, 5.41) is -0.112. The minimum Gasteiger partial charge on any atom is -0.383 e. The summed E-state index contributed by atoms with van der Waals surface area (Å²) < 4.78 is 7.57. The Kier molecular flexibility index (Phi) is 4.48. The van der Waals surface area contributed by atoms with E-state index in [1.165, 1.54) is 5.56 Å². The molecule has 2 aromatic rings. The Balaban J connectivity index is 2.63. The van der Waals surface area contributed by atoms with Crippen LogP contribution < -0.4 is 0 Å². The molecular weight excluding hydrogens is 260 g/mol. The maximum Gasteiger partial charge on any atom is 0.128 e. The van der Waals surface area contributed by atoms with E-state index in [9.17, 15) is 0 Å². The predicted molar refractivity (Wildman–Crippen MR) is 79.9 cm³/mol. The molecule has 2 rings (SSSR count). The van der Waals surface area contributed by atoms with Crippen molar-refractivity contribution in [1.82, 2.24) is 9.55 Å². The Morgan fingerprint density at radius 1 is 1.42 bits per heavy atom. The Labute approximate surface area is 119 Å². The van der Waals surface area contributed by atoms with Crippen LogP contribution in [-0.4, -0.2) is 23.3 Å². The quantitative estimate of drug-likeness (QED) is 0.766. The van der Waals surface area contributed by atoms with Crippen LogP contribution in [0.5, 0.6) is 0 Å². The van der Waals surface area contributed by atoms with Gasteiger partial charge in [0.25, 0.3) is 0 Å². The van der Waals surface area contributed by atoms with Gasteiger partial charge in [-0.3, -0.25) is 0 Å². The number of aromatic nitrogens is 2. The Morgan fingerprint density at radius 3 is 2.74 bits per heavy atom. The van der Waals surface area contributed by atoms with E-state index >= 15 is 0 Å². The van der Waals surface area contributed by atoms with Crippen LogP contribution >= 0.6 is 11.6 Å². The van der Waals surface area contributed by atoms with Crippen molar-refractivity contribution in [3.63, 3.8) is 0 Å². The van der Waals surface area contributed by atoms with Crippen LogP contribution in [0.15, 0.2) is 18.2 Å². The van der Waals surface area contributed by atoms with Gasteiger partial charge in [-0.2, -0.15) is 0 Å². The molecular formula is C15H21ClN2O. The van der Waals surface area contributed by atoms with E-state index in [4.69, 9.17) is 21.3 Å². The first kappa shape index (κ1) is 14.4. The second kappa shape index (κ2) is 5.93. The zero-order valence-electron chi connectivity index (χ0n) is 12.0. The van der Waals surface area contributed by atoms with Gasteiger partial charge in [-0.1, -0.05) is 13.0 Å². The molecule has 0 N–H and O–H groups in total. The maximum atomic E-state index is 6.30. The number of alkyl halides is 1. The second-order valence-electron chi connectivity index (χ2n) is 4.97. The largest absolute Gasteiger partial charge is 0.383 e. The molecule has 0 saturated heterocycles. The molecule has 2 unspecified atom stereocenters. The van der Waals surface area contributed by atoms with E-state index in [0.29, 0.717) is 6.61 Å². The third-order valence-corrected chi connectivity index (χ3v) is 3.62. The summed E-state index contributed by atoms with van der Waals surface area (Å²) in [4.78, 5) is 4.70. The third kappa shape index (κ3) is 2.77. The first-order valence-corrected chi connectivity index (χ1v) is 7.13. The fraction of sp³-hybridized carbons (Fsp3) is 0.533. The van der Waals surface area contributed by atoms with Crippen LogP contribution in [0.4, 0.5) is 0 Å². The molecule has 0 aliphatic carbocycles. The van der Waals surface area contributed by atoms with Crippen LogP contribution in [0.3, 0.4) is 0 Å². The number of hydrogen-bond donors (Lipinski definition) is 0. The first-order chi connectivity index (χ1) is 9.08. The standard InChI is InChI=1S/C15H21ClN2O/c1-5-12(9-19-4)18-14-7-6-10(2)8-13(14)17-15(18)11(3)16/h6-8,11-12H,5,9H2,1-4H3. The lowest BCUT2D eigenvalue weighted by Gasteiger charge is -2.20. The van der Waals surface area contributed by atoms with Gasteiger partial charge in [0.15, 0.2) is 0 Å². The van der Waals surface area contributed by atoms with E-state index in [1.807, 2.05) is 6.92 Å². The number of nitrogens with zero attached hydrogens (tertiary/aromatic N) is 2. The Bertz CT molecular complexity index is 563. The summed E-state index contributed by atoms with van der Waals surface area (Å²) >= 11 is 6.30. The molecule has 104 valence electrons. The van der Waals surface area contributed by atoms with Crippen molar-refractivity contribution in [3.8, 4) is 0 Å². The molecule has 0 bridgehead atoms. The number of aryl methyl sites for hydroxylation is 1. The van der Waals surface area contributed by atoms with Gasteiger partial charge in [0, 0.05) is 7.11 Å². The maximum absolute atomic E-state index is 6.30. The van der Waals surface area contributed by atoms with Gasteiger partial charge < -0.3 is 9.30 Å². The number of imidazole rings is 1. The normalized spacial score (nSPS) is 14.8. The Morgan fingerprint density at radius 2 is 2.16 bits per heavy atom. The van der Waals surface area contributed by atoms with E-state index in [-0.39, 0.29) is 11.4 Å². The van der Waals surface area contributed by atoms with Crippen molar-refractivity contribution in [2.24, 2.45) is 0 Å². The fourth-order valence-electron chi connectivity index (χ4n) is 2.46. The second-order valence-corrected chi connectivity index (χ2v) is 5.62. The molecule has 1 heterocycles. The molecule has 1 aromatic carbocycles. The minimum atomic E-state index is -0.112. The lowest BCUT2D eigenvalue weighted by Crippen LogP contribution is -2.16. The van der Waals surface area contributed by atoms with Gasteiger partial charge in [-0.05, 0) is 38.0 Å². The number of methoxy groups -OCH3 is 1. The van der Waals surface area contributed by atoms with Crippen LogP contribution in [0.1, 0.15) is 43.1 Å². The van der Waals surface area contributed by atoms with Gasteiger partial charge in [-0.15, -0.1) is 11.6 Å². The molecule has 0 spiro atoms. The predicted octanol–water partition coefficient (Wildman–Crippen LogP) is 4.24. The van der Waals surface area contributed by atoms with Crippen molar-refractivity contribution in [1.29, 1.82) is 0 Å². The molecule has 1 aromatic heterocycles. The van der Waals surface area contributed by atoms with Crippen molar-refractivity contribution in [2.45, 2.75) is 38.6 Å². The molecule has 3 nitrogen and oxygen atoms in total. The topological polar surface area (TPSA) is 27.1 Å². The highest BCUT2D eigenvalue weighted by atomic mass is 35.5. The lowest BCUT2D eigenvalue weighted by molar-refractivity contribution is 0.153. The molecule has 0 aliphatic heterocycles. The van der Waals surface area contributed by atoms with Gasteiger partial charge in [0.05, 0.1) is 29.1 Å². The fourth-order valence-corrected chi connectivity index (χ4v) is 2.61. The molecule has 19 heavy (non-hydrogen) atoms. The van der Waals surface area contributed by atoms with Crippen LogP contribution in [0, 0.1) is 6.92 Å². The zero-order valence-corrected chi connectivity index (χ0v) is 12.7. The smallest absolute Gasteiger partial charge is 0.128 e. The average molecular weight is 281 g/mol. The molecule has 0 saturated carbocycles. The molecule has 0 amide bonds. The van der Waals surface area contributed by atoms with Gasteiger partial charge in [0.1, 0.15) is 5.82 Å². The number of ether oxygens (including phenoxy) is 1. The summed E-state index contributed by atoms with van der Waals surface area (Å²) in [7, 11) is 1.73. The molecule has 4 heteroatoms. The summed E-state index contributed by atoms with van der Waals surface area (Å²) in [6.45, 7) is 6.87. The molecule has 0 radical (unpaired) electrons. The molecule has 0 fully saturated rings. The third-order valence-electron chi connectivity index (χ3n) is 3.42. The van der Waals surface area contributed by atoms with Crippen molar-refractivity contribution >= 4 is 22.6 Å². The van der Waals surface area contributed by atoms with Gasteiger partial charge in [0.2, 0.25) is 0 Å². The number of fused-ring (bicyclic) bond motifs is 1. The Hall–Kier alpha value is -1.06. The first-order valence-electron chi connectivity index (χ1n) is 6.70. The highest BCUT2D eigenvalue weighted by Crippen LogP contribution is 2.29. The van der Waals surface area contributed by atoms with E-state index in [0.717, 1.165) is 23.3 Å². The number of hydrogen-bond acceptors (Lipinski definition) is 2. The zero-order chi connectivity index (χ0) is 14.0. The van der Waals surface area contributed by atoms with Crippen molar-refractivity contribution in [3.05, 3.63) is 29.6 Å². The lowest BCUT2D eigenvalue weighted by atomic mass is 10.2. The van der Waals surface area contributed by atoms with E-state index in [1.54, 1.807) is 7.11 Å². The number of rotatable bonds is 5. The highest BCUT2D eigenvalue weighted by Gasteiger charge is 2.20. The average Bonchev–Trinajstić information content (AvgIpc) is 2.74. The number of halogens is 1. The highest BCUT2D eigenvalue weighted by molar-refractivity contribution is 6.20. The summed E-state index contributed by atoms with van der Waals surface area (Å²) in [5.41, 5.74) is 3.36. The molecule has 0 aliphatic rings. The summed E-state index contributed by atoms with van der Waals surface area (Å²) in [5.74, 6) is 0.922. The summed E-state index contributed by atoms with van der Waals surface area (Å²) in [6.07, 6.45) is 0.990. The van der Waals surface area contributed by atoms with Gasteiger partial charge >= 0.3 is 0 Å². The van der Waals surface area contributed by atoms with Crippen LogP contribution in [0.25, 0.3) is 11.0 Å². The van der Waals surface area contributed by atoms with Crippen LogP contribution in [-0.2, 0) is 4.74 Å². The number of benzene rings is 1. The monoisotopic (exact) mass is 280 g/mol. The minimum absolute atomic E-state index is 0.112. The van der Waals surface area contributed by atoms with Gasteiger partial charge in [-0.25, -0.2) is 4.98 Å². The van der Waals surface area contributed by atoms with Crippen molar-refractivity contribution < 1.29 is 4.74 Å².